The minimum absolute atomic E-state index is 0.0706. The number of hydrogen-bond acceptors (Lipinski definition) is 3. The molecule has 0 aliphatic carbocycles. The largest absolute Gasteiger partial charge is 0.317 e. The lowest BCUT2D eigenvalue weighted by molar-refractivity contribution is -0.119. The number of benzene rings is 2. The standard InChI is InChI=1S/C21H26N4O/c1-5-24(17-10-8-9-16(2)13-17)21(26)15-25-19-12-7-6-11-18(19)22-20(25)14-23(3)4/h6-13H,5,14-15H2,1-4H3. The number of carbonyl (C=O) groups excluding carboxylic acids is 1. The van der Waals surface area contributed by atoms with Crippen molar-refractivity contribution in [2.24, 2.45) is 0 Å². The van der Waals surface area contributed by atoms with Gasteiger partial charge in [0.1, 0.15) is 12.4 Å². The molecule has 0 spiro atoms. The fourth-order valence-electron chi connectivity index (χ4n) is 3.22. The van der Waals surface area contributed by atoms with Crippen LogP contribution in [0.15, 0.2) is 48.5 Å². The summed E-state index contributed by atoms with van der Waals surface area (Å²) in [7, 11) is 4.02. The Hall–Kier alpha value is -2.66. The molecule has 0 unspecified atom stereocenters. The zero-order valence-corrected chi connectivity index (χ0v) is 15.9. The molecule has 0 saturated heterocycles. The summed E-state index contributed by atoms with van der Waals surface area (Å²) in [6.07, 6.45) is 0. The molecule has 0 aliphatic rings. The highest BCUT2D eigenvalue weighted by atomic mass is 16.2. The number of nitrogens with zero attached hydrogens (tertiary/aromatic N) is 4. The Balaban J connectivity index is 1.95. The van der Waals surface area contributed by atoms with Gasteiger partial charge in [0.25, 0.3) is 0 Å². The van der Waals surface area contributed by atoms with Crippen LogP contribution in [0.25, 0.3) is 11.0 Å². The van der Waals surface area contributed by atoms with Crippen LogP contribution < -0.4 is 4.90 Å². The Bertz CT molecular complexity index is 913. The summed E-state index contributed by atoms with van der Waals surface area (Å²) < 4.78 is 2.04. The Morgan fingerprint density at radius 3 is 2.58 bits per heavy atom. The van der Waals surface area contributed by atoms with Crippen molar-refractivity contribution in [2.45, 2.75) is 26.9 Å². The summed E-state index contributed by atoms with van der Waals surface area (Å²) >= 11 is 0. The second-order valence-electron chi connectivity index (χ2n) is 6.82. The van der Waals surface area contributed by atoms with E-state index >= 15 is 0 Å². The molecule has 5 nitrogen and oxygen atoms in total. The van der Waals surface area contributed by atoms with Gasteiger partial charge in [0.2, 0.25) is 5.91 Å². The summed E-state index contributed by atoms with van der Waals surface area (Å²) in [5.74, 6) is 0.978. The van der Waals surface area contributed by atoms with Gasteiger partial charge in [-0.05, 0) is 57.8 Å². The third-order valence-corrected chi connectivity index (χ3v) is 4.42. The van der Waals surface area contributed by atoms with Gasteiger partial charge in [-0.15, -0.1) is 0 Å². The van der Waals surface area contributed by atoms with Crippen molar-refractivity contribution in [3.63, 3.8) is 0 Å². The predicted octanol–water partition coefficient (Wildman–Crippen LogP) is 3.46. The van der Waals surface area contributed by atoms with E-state index in [9.17, 15) is 4.79 Å². The van der Waals surface area contributed by atoms with Gasteiger partial charge in [0.15, 0.2) is 0 Å². The number of likely N-dealkylation sites (N-methyl/N-ethyl adjacent to an activating group) is 1. The number of rotatable bonds is 6. The van der Waals surface area contributed by atoms with E-state index in [-0.39, 0.29) is 12.5 Å². The third-order valence-electron chi connectivity index (χ3n) is 4.42. The molecule has 3 rings (SSSR count). The summed E-state index contributed by atoms with van der Waals surface area (Å²) in [4.78, 5) is 21.7. The Morgan fingerprint density at radius 2 is 1.88 bits per heavy atom. The molecule has 1 aromatic heterocycles. The lowest BCUT2D eigenvalue weighted by atomic mass is 10.2. The number of para-hydroxylation sites is 2. The monoisotopic (exact) mass is 350 g/mol. The number of carbonyl (C=O) groups is 1. The van der Waals surface area contributed by atoms with E-state index in [1.807, 2.05) is 85.9 Å². The first-order valence-corrected chi connectivity index (χ1v) is 8.95. The predicted molar refractivity (Wildman–Crippen MR) is 106 cm³/mol. The molecular weight excluding hydrogens is 324 g/mol. The van der Waals surface area contributed by atoms with Crippen LogP contribution in [-0.4, -0.2) is 41.0 Å². The SMILES string of the molecule is CCN(C(=O)Cn1c(CN(C)C)nc2ccccc21)c1cccc(C)c1. The van der Waals surface area contributed by atoms with E-state index in [4.69, 9.17) is 4.98 Å². The van der Waals surface area contributed by atoms with Crippen molar-refractivity contribution >= 4 is 22.6 Å². The number of imidazole rings is 1. The first-order chi connectivity index (χ1) is 12.5. The van der Waals surface area contributed by atoms with Crippen LogP contribution >= 0.6 is 0 Å². The van der Waals surface area contributed by atoms with Crippen molar-refractivity contribution in [3.8, 4) is 0 Å². The Kier molecular flexibility index (Phi) is 5.38. The molecule has 1 amide bonds. The zero-order chi connectivity index (χ0) is 18.7. The van der Waals surface area contributed by atoms with E-state index in [0.717, 1.165) is 28.1 Å². The minimum Gasteiger partial charge on any atom is -0.317 e. The van der Waals surface area contributed by atoms with Gasteiger partial charge in [-0.25, -0.2) is 4.98 Å². The van der Waals surface area contributed by atoms with Gasteiger partial charge in [-0.3, -0.25) is 4.79 Å². The molecule has 0 saturated carbocycles. The maximum atomic E-state index is 13.1. The molecule has 0 bridgehead atoms. The average molecular weight is 350 g/mol. The van der Waals surface area contributed by atoms with Crippen LogP contribution in [0, 0.1) is 6.92 Å². The smallest absolute Gasteiger partial charge is 0.246 e. The highest BCUT2D eigenvalue weighted by Gasteiger charge is 2.19. The molecule has 26 heavy (non-hydrogen) atoms. The van der Waals surface area contributed by atoms with Crippen LogP contribution in [0.3, 0.4) is 0 Å². The number of aryl methyl sites for hydroxylation is 1. The summed E-state index contributed by atoms with van der Waals surface area (Å²) in [5, 5.41) is 0. The van der Waals surface area contributed by atoms with Crippen molar-refractivity contribution < 1.29 is 4.79 Å². The summed E-state index contributed by atoms with van der Waals surface area (Å²) in [6.45, 7) is 5.66. The van der Waals surface area contributed by atoms with Crippen LogP contribution in [0.2, 0.25) is 0 Å². The van der Waals surface area contributed by atoms with Crippen molar-refractivity contribution in [3.05, 3.63) is 59.9 Å². The van der Waals surface area contributed by atoms with Gasteiger partial charge in [-0.2, -0.15) is 0 Å². The molecule has 0 aliphatic heterocycles. The van der Waals surface area contributed by atoms with Gasteiger partial charge in [0.05, 0.1) is 17.6 Å². The van der Waals surface area contributed by atoms with E-state index in [1.54, 1.807) is 0 Å². The van der Waals surface area contributed by atoms with Gasteiger partial charge < -0.3 is 14.4 Å². The first-order valence-electron chi connectivity index (χ1n) is 8.95. The molecule has 1 heterocycles. The van der Waals surface area contributed by atoms with E-state index in [2.05, 4.69) is 4.90 Å². The Morgan fingerprint density at radius 1 is 1.12 bits per heavy atom. The van der Waals surface area contributed by atoms with Gasteiger partial charge in [0, 0.05) is 12.2 Å². The topological polar surface area (TPSA) is 41.4 Å². The van der Waals surface area contributed by atoms with Crippen LogP contribution in [-0.2, 0) is 17.9 Å². The molecular formula is C21H26N4O. The van der Waals surface area contributed by atoms with Crippen molar-refractivity contribution in [2.75, 3.05) is 25.5 Å². The van der Waals surface area contributed by atoms with Gasteiger partial charge >= 0.3 is 0 Å². The lowest BCUT2D eigenvalue weighted by Crippen LogP contribution is -2.34. The number of hydrogen-bond donors (Lipinski definition) is 0. The van der Waals surface area contributed by atoms with Crippen molar-refractivity contribution in [1.82, 2.24) is 14.5 Å². The second-order valence-corrected chi connectivity index (χ2v) is 6.82. The highest BCUT2D eigenvalue weighted by molar-refractivity contribution is 5.94. The molecule has 136 valence electrons. The number of aromatic nitrogens is 2. The first kappa shape index (κ1) is 18.1. The van der Waals surface area contributed by atoms with Crippen LogP contribution in [0.4, 0.5) is 5.69 Å². The van der Waals surface area contributed by atoms with E-state index in [1.165, 1.54) is 0 Å². The number of fused-ring (bicyclic) bond motifs is 1. The molecule has 3 aromatic rings. The molecule has 2 aromatic carbocycles. The molecule has 5 heteroatoms. The maximum absolute atomic E-state index is 13.1. The summed E-state index contributed by atoms with van der Waals surface area (Å²) in [5.41, 5.74) is 4.01. The number of amides is 1. The van der Waals surface area contributed by atoms with Crippen molar-refractivity contribution in [1.29, 1.82) is 0 Å². The maximum Gasteiger partial charge on any atom is 0.246 e. The molecule has 0 atom stereocenters. The van der Waals surface area contributed by atoms with E-state index in [0.29, 0.717) is 13.1 Å². The molecule has 0 fully saturated rings. The Labute approximate surface area is 154 Å². The van der Waals surface area contributed by atoms with Gasteiger partial charge in [-0.1, -0.05) is 24.3 Å². The lowest BCUT2D eigenvalue weighted by Gasteiger charge is -2.23. The fourth-order valence-corrected chi connectivity index (χ4v) is 3.22. The zero-order valence-electron chi connectivity index (χ0n) is 15.9. The minimum atomic E-state index is 0.0706. The third kappa shape index (κ3) is 3.78. The highest BCUT2D eigenvalue weighted by Crippen LogP contribution is 2.20. The average Bonchev–Trinajstić information content (AvgIpc) is 2.92. The second kappa shape index (κ2) is 7.70. The van der Waals surface area contributed by atoms with Crippen LogP contribution in [0.1, 0.15) is 18.3 Å². The molecule has 0 N–H and O–H groups in total. The number of anilines is 1. The van der Waals surface area contributed by atoms with E-state index < -0.39 is 0 Å². The normalized spacial score (nSPS) is 11.3. The summed E-state index contributed by atoms with van der Waals surface area (Å²) in [6, 6.07) is 16.1. The fraction of sp³-hybridized carbons (Fsp3) is 0.333. The molecule has 0 radical (unpaired) electrons. The van der Waals surface area contributed by atoms with Crippen LogP contribution in [0.5, 0.6) is 0 Å². The quantitative estimate of drug-likeness (QED) is 0.684.